The summed E-state index contributed by atoms with van der Waals surface area (Å²) in [5.74, 6) is -0.164. The first kappa shape index (κ1) is 29.9. The predicted molar refractivity (Wildman–Crippen MR) is 146 cm³/mol. The largest absolute Gasteiger partial charge is 0.354 e. The van der Waals surface area contributed by atoms with E-state index in [-0.39, 0.29) is 16.9 Å². The number of guanidine groups is 1. The average molecular weight is 583 g/mol. The van der Waals surface area contributed by atoms with Crippen LogP contribution in [0.4, 0.5) is 14.5 Å². The molecular weight excluding hydrogens is 554 g/mol. The molecule has 1 aromatic carbocycles. The molecule has 1 aliphatic carbocycles. The number of rotatable bonds is 6. The van der Waals surface area contributed by atoms with Gasteiger partial charge in [0.1, 0.15) is 10.8 Å². The van der Waals surface area contributed by atoms with E-state index in [1.165, 1.54) is 41.9 Å². The van der Waals surface area contributed by atoms with Crippen LogP contribution in [-0.4, -0.2) is 38.7 Å². The molecule has 0 radical (unpaired) electrons. The number of thiazole rings is 1. The van der Waals surface area contributed by atoms with Crippen molar-refractivity contribution in [1.29, 1.82) is 0 Å². The van der Waals surface area contributed by atoms with Crippen molar-refractivity contribution >= 4 is 40.5 Å². The molecule has 0 fully saturated rings. The summed E-state index contributed by atoms with van der Waals surface area (Å²) in [5.41, 5.74) is 2.45. The number of nitrogens with one attached hydrogen (secondary N) is 3. The van der Waals surface area contributed by atoms with Crippen LogP contribution in [0.5, 0.6) is 0 Å². The molecule has 3 N–H and O–H groups in total. The minimum atomic E-state index is -2.79. The fraction of sp³-hybridized carbons (Fsp3) is 0.417. The number of carbonyl (C=O) groups is 1. The van der Waals surface area contributed by atoms with Crippen molar-refractivity contribution in [2.24, 2.45) is 12.1 Å². The first-order valence-electron chi connectivity index (χ1n) is 11.8. The van der Waals surface area contributed by atoms with Crippen LogP contribution in [-0.2, 0) is 19.0 Å². The van der Waals surface area contributed by atoms with Gasteiger partial charge in [0, 0.05) is 37.1 Å². The number of aryl methyl sites for hydroxylation is 1. The SMILES string of the molecule is CC1CC(C)(C)c2cccc(NC(=O)c3cn(C)nc3C(F)F)c21.CN/C(=N\[N+](=O)[O-])NCc1cnc(Cl)s1. The normalized spacial score (nSPS) is 15.8. The van der Waals surface area contributed by atoms with Gasteiger partial charge in [-0.05, 0) is 34.9 Å². The number of fused-ring (bicyclic) bond motifs is 1. The highest BCUT2D eigenvalue weighted by molar-refractivity contribution is 7.15. The molecule has 1 atom stereocenters. The Balaban J connectivity index is 0.000000242. The molecule has 3 aromatic rings. The van der Waals surface area contributed by atoms with E-state index in [4.69, 9.17) is 11.6 Å². The Hall–Kier alpha value is -3.65. The number of hydrogen-bond acceptors (Lipinski definition) is 6. The van der Waals surface area contributed by atoms with Gasteiger partial charge in [0.25, 0.3) is 18.3 Å². The number of carbonyl (C=O) groups excluding carboxylic acids is 1. The lowest BCUT2D eigenvalue weighted by atomic mass is 9.86. The lowest BCUT2D eigenvalue weighted by Gasteiger charge is -2.19. The molecule has 1 aliphatic rings. The highest BCUT2D eigenvalue weighted by atomic mass is 35.5. The summed E-state index contributed by atoms with van der Waals surface area (Å²) >= 11 is 6.92. The molecule has 0 saturated carbocycles. The van der Waals surface area contributed by atoms with Gasteiger partial charge in [0.05, 0.1) is 12.1 Å². The molecule has 2 aromatic heterocycles. The number of benzene rings is 1. The molecule has 11 nitrogen and oxygen atoms in total. The van der Waals surface area contributed by atoms with Gasteiger partial charge in [0.15, 0.2) is 9.50 Å². The lowest BCUT2D eigenvalue weighted by Crippen LogP contribution is -2.34. The van der Waals surface area contributed by atoms with E-state index in [0.29, 0.717) is 22.6 Å². The molecular formula is C24H29ClF2N8O3S. The van der Waals surface area contributed by atoms with E-state index in [1.807, 2.05) is 12.1 Å². The molecule has 0 saturated heterocycles. The number of hydrazone groups is 1. The smallest absolute Gasteiger partial charge is 0.282 e. The quantitative estimate of drug-likeness (QED) is 0.160. The zero-order chi connectivity index (χ0) is 28.9. The van der Waals surface area contributed by atoms with Crippen molar-refractivity contribution in [3.63, 3.8) is 0 Å². The number of nitrogens with zero attached hydrogens (tertiary/aromatic N) is 5. The van der Waals surface area contributed by atoms with Crippen LogP contribution in [0.3, 0.4) is 0 Å². The number of amides is 1. The Kier molecular flexibility index (Phi) is 9.56. The van der Waals surface area contributed by atoms with Gasteiger partial charge in [-0.1, -0.05) is 44.5 Å². The highest BCUT2D eigenvalue weighted by Crippen LogP contribution is 2.48. The Labute approximate surface area is 232 Å². The molecule has 0 bridgehead atoms. The third-order valence-electron chi connectivity index (χ3n) is 6.08. The minimum Gasteiger partial charge on any atom is -0.354 e. The molecule has 15 heteroatoms. The Morgan fingerprint density at radius 2 is 2.13 bits per heavy atom. The summed E-state index contributed by atoms with van der Waals surface area (Å²) in [4.78, 5) is 27.3. The second-order valence-electron chi connectivity index (χ2n) is 9.48. The molecule has 2 heterocycles. The maximum absolute atomic E-state index is 13.1. The highest BCUT2D eigenvalue weighted by Gasteiger charge is 2.36. The van der Waals surface area contributed by atoms with Crippen molar-refractivity contribution in [3.05, 3.63) is 72.4 Å². The second kappa shape index (κ2) is 12.5. The van der Waals surface area contributed by atoms with Crippen molar-refractivity contribution in [2.75, 3.05) is 12.4 Å². The van der Waals surface area contributed by atoms with Gasteiger partial charge in [-0.2, -0.15) is 5.10 Å². The van der Waals surface area contributed by atoms with Gasteiger partial charge in [-0.15, -0.1) is 11.3 Å². The first-order valence-corrected chi connectivity index (χ1v) is 13.0. The summed E-state index contributed by atoms with van der Waals surface area (Å²) in [6.07, 6.45) is 1.13. The molecule has 4 rings (SSSR count). The van der Waals surface area contributed by atoms with Crippen LogP contribution in [0.25, 0.3) is 0 Å². The summed E-state index contributed by atoms with van der Waals surface area (Å²) in [6.45, 7) is 6.86. The average Bonchev–Trinajstić information content (AvgIpc) is 3.52. The molecule has 1 unspecified atom stereocenters. The molecule has 1 amide bonds. The van der Waals surface area contributed by atoms with Gasteiger partial charge >= 0.3 is 0 Å². The third-order valence-corrected chi connectivity index (χ3v) is 7.19. The minimum absolute atomic E-state index is 0.0396. The van der Waals surface area contributed by atoms with E-state index >= 15 is 0 Å². The number of anilines is 1. The zero-order valence-electron chi connectivity index (χ0n) is 22.0. The van der Waals surface area contributed by atoms with Crippen molar-refractivity contribution in [2.45, 2.75) is 51.5 Å². The summed E-state index contributed by atoms with van der Waals surface area (Å²) in [7, 11) is 3.06. The van der Waals surface area contributed by atoms with Crippen molar-refractivity contribution < 1.29 is 18.6 Å². The van der Waals surface area contributed by atoms with Crippen LogP contribution < -0.4 is 16.0 Å². The monoisotopic (exact) mass is 582 g/mol. The van der Waals surface area contributed by atoms with Gasteiger partial charge in [0.2, 0.25) is 0 Å². The van der Waals surface area contributed by atoms with Crippen molar-refractivity contribution in [1.82, 2.24) is 25.4 Å². The number of aromatic nitrogens is 3. The standard InChI is InChI=1S/C18H21F2N3O.C6H8ClN5O2S/c1-10-8-18(2,3)12-6-5-7-13(14(10)12)21-17(24)11-9-23(4)22-15(11)16(19)20;1-8-6(11-12(13)14)10-3-4-2-9-5(7)15-4/h5-7,9-10,16H,8H2,1-4H3,(H,21,24);2H,3H2,1H3,(H2,8,10,11). The molecule has 39 heavy (non-hydrogen) atoms. The number of halogens is 3. The molecule has 0 spiro atoms. The molecule has 0 aliphatic heterocycles. The van der Waals surface area contributed by atoms with E-state index in [2.05, 4.69) is 58.0 Å². The number of hydrogen-bond donors (Lipinski definition) is 3. The third kappa shape index (κ3) is 7.47. The second-order valence-corrected chi connectivity index (χ2v) is 11.2. The Bertz CT molecular complexity index is 1380. The van der Waals surface area contributed by atoms with Gasteiger partial charge in [-0.3, -0.25) is 9.48 Å². The summed E-state index contributed by atoms with van der Waals surface area (Å²) in [5, 5.41) is 24.2. The number of nitro groups is 1. The van der Waals surface area contributed by atoms with Crippen LogP contribution in [0, 0.1) is 10.1 Å². The van der Waals surface area contributed by atoms with Crippen LogP contribution in [0.15, 0.2) is 35.7 Å². The zero-order valence-corrected chi connectivity index (χ0v) is 23.5. The fourth-order valence-electron chi connectivity index (χ4n) is 4.60. The summed E-state index contributed by atoms with van der Waals surface area (Å²) in [6, 6.07) is 5.79. The topological polar surface area (TPSA) is 139 Å². The number of alkyl halides is 2. The van der Waals surface area contributed by atoms with E-state index in [9.17, 15) is 23.7 Å². The van der Waals surface area contributed by atoms with E-state index in [1.54, 1.807) is 6.20 Å². The Morgan fingerprint density at radius 1 is 1.41 bits per heavy atom. The van der Waals surface area contributed by atoms with Gasteiger partial charge in [-0.25, -0.2) is 23.9 Å². The lowest BCUT2D eigenvalue weighted by molar-refractivity contribution is -0.485. The van der Waals surface area contributed by atoms with E-state index < -0.39 is 23.1 Å². The van der Waals surface area contributed by atoms with Gasteiger partial charge < -0.3 is 16.0 Å². The predicted octanol–water partition coefficient (Wildman–Crippen LogP) is 5.05. The maximum atomic E-state index is 13.1. The van der Waals surface area contributed by atoms with E-state index in [0.717, 1.165) is 16.9 Å². The van der Waals surface area contributed by atoms with Crippen LogP contribution in [0.1, 0.15) is 71.6 Å². The maximum Gasteiger partial charge on any atom is 0.282 e. The van der Waals surface area contributed by atoms with Crippen LogP contribution in [0.2, 0.25) is 4.47 Å². The van der Waals surface area contributed by atoms with Crippen LogP contribution >= 0.6 is 22.9 Å². The molecule has 210 valence electrons. The first-order chi connectivity index (χ1) is 18.3. The Morgan fingerprint density at radius 3 is 2.72 bits per heavy atom. The summed E-state index contributed by atoms with van der Waals surface area (Å²) < 4.78 is 27.8. The van der Waals surface area contributed by atoms with Crippen molar-refractivity contribution in [3.8, 4) is 0 Å². The fourth-order valence-corrected chi connectivity index (χ4v) is 5.51.